The number of benzene rings is 7. The number of carbonyl (C=O) groups is 2. The summed E-state index contributed by atoms with van der Waals surface area (Å²) in [4.78, 5) is 71.2. The fourth-order valence-corrected chi connectivity index (χ4v) is 13.9. The Hall–Kier alpha value is -11.5. The topological polar surface area (TPSA) is 265 Å². The van der Waals surface area contributed by atoms with Gasteiger partial charge in [-0.3, -0.25) is 38.9 Å². The van der Waals surface area contributed by atoms with E-state index in [1.54, 1.807) is 53.3 Å². The van der Waals surface area contributed by atoms with Crippen LogP contribution in [-0.4, -0.2) is 102 Å². The number of rotatable bonds is 14. The van der Waals surface area contributed by atoms with Crippen molar-refractivity contribution in [2.24, 2.45) is 0 Å². The maximum absolute atomic E-state index is 13.2. The highest BCUT2D eigenvalue weighted by molar-refractivity contribution is 8.15. The SMILES string of the molecule is Cc1cc(N)c(-c2nnn(-c3ccc(CCN4CCc5ccncc5C4)cc3)n2)cc1C.Cc1cc(NC(=O)c2cc(=O)c3ccccc3o2)c(-c2nnn(-c3ccc(CCN4CCc5ccncc5C4)cc3)n2)cc1C.O=C(Sc1nc2ccccc2s1)c1cc(=O)c2ccccc2o1. The molecule has 2 aliphatic rings. The first kappa shape index (κ1) is 65.8. The first-order valence-corrected chi connectivity index (χ1v) is 34.3. The summed E-state index contributed by atoms with van der Waals surface area (Å²) in [7, 11) is 0. The second-order valence-corrected chi connectivity index (χ2v) is 27.0. The van der Waals surface area contributed by atoms with Crippen LogP contribution in [0.15, 0.2) is 217 Å². The Bertz CT molecular complexity index is 5460. The van der Waals surface area contributed by atoms with Crippen LogP contribution in [0.1, 0.15) is 76.7 Å². The van der Waals surface area contributed by atoms with Crippen molar-refractivity contribution in [3.63, 3.8) is 0 Å². The highest BCUT2D eigenvalue weighted by Crippen LogP contribution is 2.34. The highest BCUT2D eigenvalue weighted by atomic mass is 32.2. The zero-order valence-corrected chi connectivity index (χ0v) is 56.8. The molecule has 0 saturated heterocycles. The number of hydrogen-bond acceptors (Lipinski definition) is 20. The number of para-hydroxylation sites is 3. The number of pyridine rings is 2. The van der Waals surface area contributed by atoms with E-state index in [1.807, 2.05) is 118 Å². The Morgan fingerprint density at radius 3 is 1.64 bits per heavy atom. The van der Waals surface area contributed by atoms with E-state index in [0.717, 1.165) is 126 Å². The Morgan fingerprint density at radius 2 is 1.06 bits per heavy atom. The van der Waals surface area contributed by atoms with Crippen LogP contribution < -0.4 is 21.9 Å². The smallest absolute Gasteiger partial charge is 0.291 e. The van der Waals surface area contributed by atoms with Crippen LogP contribution in [0.25, 0.3) is 66.3 Å². The first-order valence-electron chi connectivity index (χ1n) is 32.7. The summed E-state index contributed by atoms with van der Waals surface area (Å²) in [6.07, 6.45) is 11.8. The molecule has 16 rings (SSSR count). The molecule has 0 radical (unpaired) electrons. The van der Waals surface area contributed by atoms with Crippen molar-refractivity contribution < 1.29 is 18.4 Å². The highest BCUT2D eigenvalue weighted by Gasteiger charge is 2.23. The molecule has 0 atom stereocenters. The van der Waals surface area contributed by atoms with E-state index in [9.17, 15) is 19.2 Å². The Balaban J connectivity index is 0.000000135. The molecule has 0 saturated carbocycles. The van der Waals surface area contributed by atoms with Crippen LogP contribution in [0, 0.1) is 27.7 Å². The van der Waals surface area contributed by atoms with Crippen molar-refractivity contribution in [2.75, 3.05) is 37.2 Å². The number of aromatic nitrogens is 11. The Kier molecular flexibility index (Phi) is 19.3. The molecular weight excluding hydrogens is 1300 g/mol. The van der Waals surface area contributed by atoms with E-state index >= 15 is 0 Å². The summed E-state index contributed by atoms with van der Waals surface area (Å²) >= 11 is 2.41. The second-order valence-electron chi connectivity index (χ2n) is 24.7. The van der Waals surface area contributed by atoms with Crippen LogP contribution in [0.4, 0.5) is 11.4 Å². The summed E-state index contributed by atoms with van der Waals surface area (Å²) in [5.74, 6) is 0.308. The van der Waals surface area contributed by atoms with Gasteiger partial charge in [0.25, 0.3) is 11.0 Å². The number of thiazole rings is 1. The third-order valence-electron chi connectivity index (χ3n) is 18.0. The predicted molar refractivity (Wildman–Crippen MR) is 389 cm³/mol. The van der Waals surface area contributed by atoms with Gasteiger partial charge in [-0.15, -0.1) is 41.3 Å². The normalized spacial score (nSPS) is 12.9. The molecular formula is C77H67N15O6S2. The number of nitrogens with zero attached hydrogens (tertiary/aromatic N) is 13. The number of hydrogen-bond donors (Lipinski definition) is 2. The maximum atomic E-state index is 13.2. The molecule has 0 fully saturated rings. The number of nitrogen functional groups attached to an aromatic ring is 1. The minimum atomic E-state index is -0.546. The average molecular weight is 1360 g/mol. The van der Waals surface area contributed by atoms with E-state index in [2.05, 4.69) is 104 Å². The molecule has 9 heterocycles. The van der Waals surface area contributed by atoms with Crippen LogP contribution in [0.5, 0.6) is 0 Å². The molecule has 100 heavy (non-hydrogen) atoms. The van der Waals surface area contributed by atoms with E-state index in [1.165, 1.54) is 61.6 Å². The predicted octanol–water partition coefficient (Wildman–Crippen LogP) is 13.2. The van der Waals surface area contributed by atoms with Gasteiger partial charge in [-0.2, -0.15) is 0 Å². The third kappa shape index (κ3) is 15.0. The Morgan fingerprint density at radius 1 is 0.560 bits per heavy atom. The van der Waals surface area contributed by atoms with Gasteiger partial charge in [0, 0.05) is 93.0 Å². The fraction of sp³-hybridized carbons (Fsp3) is 0.182. The summed E-state index contributed by atoms with van der Waals surface area (Å²) in [5, 5.41) is 29.7. The van der Waals surface area contributed by atoms with E-state index in [-0.39, 0.29) is 27.5 Å². The number of nitrogens with one attached hydrogen (secondary N) is 1. The number of nitrogens with two attached hydrogens (primary N) is 1. The van der Waals surface area contributed by atoms with Gasteiger partial charge in [0.1, 0.15) is 11.2 Å². The van der Waals surface area contributed by atoms with Gasteiger partial charge in [-0.05, 0) is 228 Å². The molecule has 7 aromatic carbocycles. The molecule has 0 unspecified atom stereocenters. The van der Waals surface area contributed by atoms with Gasteiger partial charge in [0.05, 0.1) is 38.1 Å². The van der Waals surface area contributed by atoms with E-state index < -0.39 is 5.91 Å². The molecule has 21 nitrogen and oxygen atoms in total. The number of tetrazole rings is 2. The number of fused-ring (bicyclic) bond motifs is 5. The van der Waals surface area contributed by atoms with Crippen molar-refractivity contribution in [1.82, 2.24) is 65.2 Å². The van der Waals surface area contributed by atoms with Gasteiger partial charge in [-0.25, -0.2) is 4.98 Å². The van der Waals surface area contributed by atoms with Gasteiger partial charge in [0.15, 0.2) is 26.7 Å². The summed E-state index contributed by atoms with van der Waals surface area (Å²) in [6, 6.07) is 52.4. The van der Waals surface area contributed by atoms with E-state index in [4.69, 9.17) is 14.6 Å². The molecule has 0 bridgehead atoms. The minimum Gasteiger partial charge on any atom is -0.452 e. The molecule has 1 amide bonds. The minimum absolute atomic E-state index is 0.0398. The quantitative estimate of drug-likeness (QED) is 0.0757. The lowest BCUT2D eigenvalue weighted by atomic mass is 10.0. The zero-order valence-electron chi connectivity index (χ0n) is 55.2. The number of aryl methyl sites for hydroxylation is 4. The van der Waals surface area contributed by atoms with Crippen LogP contribution in [-0.2, 0) is 38.8 Å². The van der Waals surface area contributed by atoms with Crippen molar-refractivity contribution in [2.45, 2.75) is 70.8 Å². The molecule has 3 N–H and O–H groups in total. The van der Waals surface area contributed by atoms with Gasteiger partial charge in [-0.1, -0.05) is 60.7 Å². The summed E-state index contributed by atoms with van der Waals surface area (Å²) in [5.41, 5.74) is 23.9. The van der Waals surface area contributed by atoms with E-state index in [0.29, 0.717) is 54.9 Å². The first-order chi connectivity index (χ1) is 48.7. The zero-order chi connectivity index (χ0) is 68.8. The molecule has 498 valence electrons. The monoisotopic (exact) mass is 1360 g/mol. The van der Waals surface area contributed by atoms with Crippen molar-refractivity contribution in [3.05, 3.63) is 282 Å². The maximum Gasteiger partial charge on any atom is 0.291 e. The largest absolute Gasteiger partial charge is 0.452 e. The molecule has 2 aliphatic heterocycles. The van der Waals surface area contributed by atoms with Gasteiger partial charge >= 0.3 is 0 Å². The lowest BCUT2D eigenvalue weighted by molar-refractivity contribution is 0.0996. The molecule has 23 heteroatoms. The molecule has 7 aromatic heterocycles. The third-order valence-corrected chi connectivity index (χ3v) is 19.9. The van der Waals surface area contributed by atoms with Crippen molar-refractivity contribution in [3.8, 4) is 34.2 Å². The molecule has 0 aliphatic carbocycles. The number of amides is 1. The molecule has 0 spiro atoms. The Labute approximate surface area is 582 Å². The van der Waals surface area contributed by atoms with Crippen LogP contribution >= 0.6 is 23.1 Å². The van der Waals surface area contributed by atoms with Crippen molar-refractivity contribution >= 4 is 77.7 Å². The van der Waals surface area contributed by atoms with Gasteiger partial charge < -0.3 is 19.9 Å². The number of thioether (sulfide) groups is 1. The van der Waals surface area contributed by atoms with Crippen LogP contribution in [0.2, 0.25) is 0 Å². The van der Waals surface area contributed by atoms with Gasteiger partial charge in [0.2, 0.25) is 11.6 Å². The lowest BCUT2D eigenvalue weighted by Gasteiger charge is -2.28. The van der Waals surface area contributed by atoms with Crippen molar-refractivity contribution in [1.29, 1.82) is 0 Å². The number of anilines is 2. The number of carbonyl (C=O) groups excluding carboxylic acids is 2. The average Bonchev–Trinajstić information content (AvgIpc) is 1.36. The lowest BCUT2D eigenvalue weighted by Crippen LogP contribution is -2.32. The second kappa shape index (κ2) is 29.3. The summed E-state index contributed by atoms with van der Waals surface area (Å²) < 4.78 is 13.0. The standard InChI is InChI=1S/C35H31N7O3.C25H27N7.C17H9NO3S2/c1-22-17-29(30(18-23(22)2)37-35(44)33-19-31(43)28-5-3-4-6-32(28)45-33)34-38-40-42(39-34)27-9-7-24(8-10-27)12-15-41-16-13-25-11-14-36-20-26(25)21-41;1-17-13-23(24(26)14-18(17)2)25-28-30-32(29-25)22-5-3-19(4-6-22)8-11-31-12-9-20-7-10-27-15-21(20)16-31;19-12-9-14(21-13-7-3-1-5-10(12)13)16(20)23-17-18-11-6-2-4-8-15(11)22-17/h3-11,14,17-20H,12-13,15-16,21H2,1-2H3,(H,37,44);3-7,10,13-15H,8-9,11-12,16,26H2,1-2H3;1-9H. The molecule has 14 aromatic rings. The fourth-order valence-electron chi connectivity index (χ4n) is 12.1. The van der Waals surface area contributed by atoms with Crippen LogP contribution in [0.3, 0.4) is 0 Å². The summed E-state index contributed by atoms with van der Waals surface area (Å²) in [6.45, 7) is 14.1.